The third kappa shape index (κ3) is 3.88. The van der Waals surface area contributed by atoms with Crippen LogP contribution in [0.1, 0.15) is 18.7 Å². The van der Waals surface area contributed by atoms with E-state index < -0.39 is 11.3 Å². The van der Waals surface area contributed by atoms with Crippen LogP contribution in [0.2, 0.25) is 10.0 Å². The summed E-state index contributed by atoms with van der Waals surface area (Å²) >= 11 is 12.0. The van der Waals surface area contributed by atoms with Gasteiger partial charge in [0.1, 0.15) is 0 Å². The molecule has 0 amide bonds. The number of halogens is 2. The summed E-state index contributed by atoms with van der Waals surface area (Å²) in [6.45, 7) is 2.03. The van der Waals surface area contributed by atoms with Crippen molar-refractivity contribution < 1.29 is 14.7 Å². The zero-order valence-corrected chi connectivity index (χ0v) is 13.0. The lowest BCUT2D eigenvalue weighted by atomic mass is 10.1. The Bertz CT molecular complexity index is 636. The maximum atomic E-state index is 10.8. The summed E-state index contributed by atoms with van der Waals surface area (Å²) in [5.74, 6) is 0. The predicted molar refractivity (Wildman–Crippen MR) is 79.8 cm³/mol. The molecule has 0 aliphatic heterocycles. The number of aromatic nitrogens is 2. The molecule has 117 valence electrons. The highest BCUT2D eigenvalue weighted by Gasteiger charge is 2.31. The van der Waals surface area contributed by atoms with E-state index in [2.05, 4.69) is 4.98 Å². The fourth-order valence-electron chi connectivity index (χ4n) is 1.85. The summed E-state index contributed by atoms with van der Waals surface area (Å²) in [5.41, 5.74) is 0.452. The summed E-state index contributed by atoms with van der Waals surface area (Å²) < 4.78 is 6.95. The highest BCUT2D eigenvalue weighted by molar-refractivity contribution is 6.35. The van der Waals surface area contributed by atoms with Gasteiger partial charge in [0.05, 0.1) is 6.33 Å². The van der Waals surface area contributed by atoms with Gasteiger partial charge in [-0.25, -0.2) is 4.98 Å². The van der Waals surface area contributed by atoms with Crippen LogP contribution in [0.3, 0.4) is 0 Å². The number of hydrogen-bond acceptors (Lipinski definition) is 5. The molecule has 0 bridgehead atoms. The second-order valence-corrected chi connectivity index (χ2v) is 4.96. The minimum Gasteiger partial charge on any atom is -0.363 e. The van der Waals surface area contributed by atoms with Gasteiger partial charge in [0.25, 0.3) is 5.09 Å². The van der Waals surface area contributed by atoms with E-state index in [0.29, 0.717) is 15.6 Å². The van der Waals surface area contributed by atoms with E-state index in [9.17, 15) is 10.1 Å². The molecular weight excluding hydrogens is 333 g/mol. The van der Waals surface area contributed by atoms with Crippen molar-refractivity contribution in [2.45, 2.75) is 13.2 Å². The van der Waals surface area contributed by atoms with Gasteiger partial charge < -0.3 is 9.30 Å². The third-order valence-electron chi connectivity index (χ3n) is 2.70. The highest BCUT2D eigenvalue weighted by atomic mass is 35.5. The Hall–Kier alpha value is -1.83. The van der Waals surface area contributed by atoms with Crippen LogP contribution in [0.5, 0.6) is 0 Å². The summed E-state index contributed by atoms with van der Waals surface area (Å²) in [5, 5.41) is 10.7. The van der Waals surface area contributed by atoms with Gasteiger partial charge >= 0.3 is 0 Å². The quantitative estimate of drug-likeness (QED) is 0.567. The fourth-order valence-corrected chi connectivity index (χ4v) is 2.36. The third-order valence-corrected chi connectivity index (χ3v) is 3.25. The summed E-state index contributed by atoms with van der Waals surface area (Å²) in [6, 6.07) is 4.75. The van der Waals surface area contributed by atoms with Crippen LogP contribution in [-0.4, -0.2) is 21.2 Å². The van der Waals surface area contributed by atoms with Gasteiger partial charge in [0.15, 0.2) is 6.10 Å². The molecule has 1 aromatic carbocycles. The second-order valence-electron chi connectivity index (χ2n) is 4.11. The average Bonchev–Trinajstić information content (AvgIpc) is 2.97. The van der Waals surface area contributed by atoms with Crippen molar-refractivity contribution in [3.05, 3.63) is 68.7 Å². The Morgan fingerprint density at radius 3 is 2.82 bits per heavy atom. The van der Waals surface area contributed by atoms with Gasteiger partial charge in [-0.3, -0.25) is 4.84 Å². The van der Waals surface area contributed by atoms with E-state index in [4.69, 9.17) is 32.8 Å². The van der Waals surface area contributed by atoms with Gasteiger partial charge in [-0.15, -0.1) is 10.1 Å². The van der Waals surface area contributed by atoms with Crippen LogP contribution in [0.4, 0.5) is 0 Å². The van der Waals surface area contributed by atoms with Gasteiger partial charge in [0, 0.05) is 34.6 Å². The molecule has 0 N–H and O–H groups in total. The molecular formula is C13H12Cl2N3O4. The van der Waals surface area contributed by atoms with E-state index in [1.54, 1.807) is 19.1 Å². The molecule has 9 heteroatoms. The minimum absolute atomic E-state index is 0.193. The molecule has 1 radical (unpaired) electrons. The second kappa shape index (κ2) is 7.44. The Labute approximate surface area is 136 Å². The molecule has 1 atom stereocenters. The number of imidazole rings is 1. The van der Waals surface area contributed by atoms with E-state index in [-0.39, 0.29) is 12.7 Å². The lowest BCUT2D eigenvalue weighted by Gasteiger charge is -2.25. The van der Waals surface area contributed by atoms with Crippen molar-refractivity contribution in [3.63, 3.8) is 0 Å². The number of nitrogens with zero attached hydrogens (tertiary/aromatic N) is 3. The fraction of sp³-hybridized carbons (Fsp3) is 0.231. The number of rotatable bonds is 7. The SMILES string of the molecule is CCO[C](c1ccc(Cl)cc1Cl)C(O[N+](=O)[O-])n1ccnc1. The molecule has 1 unspecified atom stereocenters. The summed E-state index contributed by atoms with van der Waals surface area (Å²) in [7, 11) is 0. The molecule has 22 heavy (non-hydrogen) atoms. The molecule has 1 heterocycles. The van der Waals surface area contributed by atoms with Crippen molar-refractivity contribution >= 4 is 23.2 Å². The van der Waals surface area contributed by atoms with Crippen LogP contribution in [-0.2, 0) is 9.57 Å². The van der Waals surface area contributed by atoms with Crippen LogP contribution in [0.15, 0.2) is 36.9 Å². The lowest BCUT2D eigenvalue weighted by Crippen LogP contribution is -2.25. The maximum Gasteiger partial charge on any atom is 0.296 e. The number of hydrogen-bond donors (Lipinski definition) is 0. The topological polar surface area (TPSA) is 79.4 Å². The van der Waals surface area contributed by atoms with Crippen molar-refractivity contribution in [1.29, 1.82) is 0 Å². The lowest BCUT2D eigenvalue weighted by molar-refractivity contribution is -0.775. The van der Waals surface area contributed by atoms with Gasteiger partial charge in [-0.2, -0.15) is 0 Å². The number of benzene rings is 1. The Kier molecular flexibility index (Phi) is 5.59. The molecule has 0 aliphatic carbocycles. The maximum absolute atomic E-state index is 10.8. The molecule has 0 spiro atoms. The van der Waals surface area contributed by atoms with Crippen LogP contribution < -0.4 is 0 Å². The van der Waals surface area contributed by atoms with E-state index >= 15 is 0 Å². The molecule has 0 saturated carbocycles. The van der Waals surface area contributed by atoms with E-state index in [0.717, 1.165) is 0 Å². The molecule has 0 aliphatic rings. The van der Waals surface area contributed by atoms with Gasteiger partial charge in [-0.05, 0) is 19.1 Å². The predicted octanol–water partition coefficient (Wildman–Crippen LogP) is 3.51. The van der Waals surface area contributed by atoms with Gasteiger partial charge in [-0.1, -0.05) is 29.3 Å². The molecule has 2 aromatic rings. The Morgan fingerprint density at radius 1 is 1.50 bits per heavy atom. The van der Waals surface area contributed by atoms with Crippen molar-refractivity contribution in [1.82, 2.24) is 9.55 Å². The van der Waals surface area contributed by atoms with Crippen LogP contribution in [0, 0.1) is 16.2 Å². The van der Waals surface area contributed by atoms with E-state index in [1.807, 2.05) is 0 Å². The van der Waals surface area contributed by atoms with Crippen LogP contribution >= 0.6 is 23.2 Å². The first kappa shape index (κ1) is 16.5. The minimum atomic E-state index is -1.14. The van der Waals surface area contributed by atoms with Gasteiger partial charge in [0.2, 0.25) is 6.23 Å². The summed E-state index contributed by atoms with van der Waals surface area (Å²) in [6.07, 6.45) is 3.44. The smallest absolute Gasteiger partial charge is 0.296 e. The first-order chi connectivity index (χ1) is 10.5. The largest absolute Gasteiger partial charge is 0.363 e. The van der Waals surface area contributed by atoms with Crippen molar-refractivity contribution in [2.75, 3.05) is 6.61 Å². The monoisotopic (exact) mass is 344 g/mol. The first-order valence-corrected chi connectivity index (χ1v) is 7.02. The molecule has 2 rings (SSSR count). The van der Waals surface area contributed by atoms with Crippen molar-refractivity contribution in [2.24, 2.45) is 0 Å². The van der Waals surface area contributed by atoms with Crippen molar-refractivity contribution in [3.8, 4) is 0 Å². The van der Waals surface area contributed by atoms with Crippen LogP contribution in [0.25, 0.3) is 0 Å². The highest BCUT2D eigenvalue weighted by Crippen LogP contribution is 2.35. The Balaban J connectivity index is 2.44. The molecule has 1 aromatic heterocycles. The normalized spacial score (nSPS) is 12.4. The molecule has 0 fully saturated rings. The first-order valence-electron chi connectivity index (χ1n) is 6.26. The average molecular weight is 345 g/mol. The molecule has 7 nitrogen and oxygen atoms in total. The standard InChI is InChI=1S/C13H12Cl2N3O4/c1-2-21-12(10-4-3-9(14)7-11(10)15)13(22-18(19)20)17-6-5-16-8-17/h3-8,13H,2H2,1H3. The molecule has 0 saturated heterocycles. The van der Waals surface area contributed by atoms with E-state index in [1.165, 1.54) is 29.4 Å². The number of ether oxygens (including phenoxy) is 1. The zero-order valence-electron chi connectivity index (χ0n) is 11.5. The zero-order chi connectivity index (χ0) is 16.1. The summed E-state index contributed by atoms with van der Waals surface area (Å²) in [4.78, 5) is 19.4. The Morgan fingerprint density at radius 2 is 2.27 bits per heavy atom.